The molecule has 0 N–H and O–H groups in total. The molecule has 30 heavy (non-hydrogen) atoms. The lowest BCUT2D eigenvalue weighted by Gasteiger charge is -2.50. The van der Waals surface area contributed by atoms with Crippen molar-refractivity contribution in [1.82, 2.24) is 0 Å². The van der Waals surface area contributed by atoms with Crippen LogP contribution in [0, 0.1) is 11.6 Å². The lowest BCUT2D eigenvalue weighted by atomic mass is 9.53. The molecule has 3 heterocycles. The van der Waals surface area contributed by atoms with Crippen LogP contribution in [0.4, 0.5) is 8.78 Å². The van der Waals surface area contributed by atoms with Crippen molar-refractivity contribution in [2.45, 2.75) is 23.8 Å². The van der Waals surface area contributed by atoms with E-state index in [9.17, 15) is 8.78 Å². The van der Waals surface area contributed by atoms with E-state index < -0.39 is 5.41 Å². The van der Waals surface area contributed by atoms with Crippen LogP contribution in [0.3, 0.4) is 0 Å². The molecule has 146 valence electrons. The first-order valence-corrected chi connectivity index (χ1v) is 10.3. The average Bonchev–Trinajstić information content (AvgIpc) is 2.80. The zero-order valence-electron chi connectivity index (χ0n) is 16.3. The van der Waals surface area contributed by atoms with E-state index in [1.807, 2.05) is 24.3 Å². The maximum Gasteiger partial charge on any atom is 0.190 e. The third kappa shape index (κ3) is 2.29. The molecular weight excluding hydrogens is 376 g/mol. The zero-order chi connectivity index (χ0) is 20.3. The Bertz CT molecular complexity index is 1150. The van der Waals surface area contributed by atoms with E-state index in [1.54, 1.807) is 0 Å². The van der Waals surface area contributed by atoms with Crippen LogP contribution in [0.1, 0.15) is 46.3 Å². The standard InChI is InChI=1S/C27H20F2N/c28-20-12-8-18(9-13-20)27(19-10-14-21(29)15-11-19)17-25-22-5-1-2-6-23(22)26(27)24-7-3-4-16-30(24)25/h1-16,25-26H,17H2/q+1/t25-,26+/m1/s1. The van der Waals surface area contributed by atoms with Gasteiger partial charge in [0.05, 0.1) is 5.92 Å². The van der Waals surface area contributed by atoms with Crippen LogP contribution in [0.15, 0.2) is 97.2 Å². The van der Waals surface area contributed by atoms with Gasteiger partial charge in [0.1, 0.15) is 11.6 Å². The number of aromatic nitrogens is 1. The zero-order valence-corrected chi connectivity index (χ0v) is 16.3. The molecule has 0 fully saturated rings. The Balaban J connectivity index is 1.70. The molecule has 3 aliphatic rings. The minimum Gasteiger partial charge on any atom is -0.207 e. The van der Waals surface area contributed by atoms with Crippen LogP contribution in [0.25, 0.3) is 0 Å². The first-order valence-electron chi connectivity index (χ1n) is 10.3. The summed E-state index contributed by atoms with van der Waals surface area (Å²) in [4.78, 5) is 0. The van der Waals surface area contributed by atoms with E-state index in [0.29, 0.717) is 0 Å². The van der Waals surface area contributed by atoms with Gasteiger partial charge in [-0.3, -0.25) is 0 Å². The molecule has 0 amide bonds. The molecule has 2 atom stereocenters. The Morgan fingerprint density at radius 2 is 1.23 bits per heavy atom. The van der Waals surface area contributed by atoms with E-state index in [-0.39, 0.29) is 23.6 Å². The molecule has 0 saturated carbocycles. The van der Waals surface area contributed by atoms with E-state index in [0.717, 1.165) is 17.5 Å². The van der Waals surface area contributed by atoms with Gasteiger partial charge in [0.2, 0.25) is 0 Å². The smallest absolute Gasteiger partial charge is 0.190 e. The molecule has 0 unspecified atom stereocenters. The summed E-state index contributed by atoms with van der Waals surface area (Å²) in [6.45, 7) is 0. The topological polar surface area (TPSA) is 3.88 Å². The second-order valence-corrected chi connectivity index (χ2v) is 8.30. The summed E-state index contributed by atoms with van der Waals surface area (Å²) in [6.07, 6.45) is 3.00. The predicted octanol–water partition coefficient (Wildman–Crippen LogP) is 5.68. The van der Waals surface area contributed by atoms with E-state index >= 15 is 0 Å². The fourth-order valence-corrected chi connectivity index (χ4v) is 5.76. The molecule has 7 rings (SSSR count). The normalized spacial score (nSPS) is 20.5. The highest BCUT2D eigenvalue weighted by Crippen LogP contribution is 2.59. The summed E-state index contributed by atoms with van der Waals surface area (Å²) in [6, 6.07) is 28.9. The maximum atomic E-state index is 13.8. The third-order valence-corrected chi connectivity index (χ3v) is 6.95. The van der Waals surface area contributed by atoms with Crippen molar-refractivity contribution in [2.24, 2.45) is 0 Å². The van der Waals surface area contributed by atoms with Crippen molar-refractivity contribution in [3.63, 3.8) is 0 Å². The van der Waals surface area contributed by atoms with E-state index in [1.165, 1.54) is 41.1 Å². The Morgan fingerprint density at radius 1 is 0.667 bits per heavy atom. The van der Waals surface area contributed by atoms with Gasteiger partial charge in [-0.15, -0.1) is 0 Å². The van der Waals surface area contributed by atoms with Crippen molar-refractivity contribution < 1.29 is 13.3 Å². The number of halogens is 2. The summed E-state index contributed by atoms with van der Waals surface area (Å²) in [5.74, 6) is -0.441. The molecule has 2 bridgehead atoms. The quantitative estimate of drug-likeness (QED) is 0.384. The lowest BCUT2D eigenvalue weighted by Crippen LogP contribution is -2.60. The molecule has 1 aromatic heterocycles. The first kappa shape index (κ1) is 17.5. The number of nitrogens with zero attached hydrogens (tertiary/aromatic N) is 1. The van der Waals surface area contributed by atoms with Gasteiger partial charge in [-0.25, -0.2) is 8.78 Å². The maximum absolute atomic E-state index is 13.8. The minimum atomic E-state index is -0.401. The highest BCUT2D eigenvalue weighted by atomic mass is 19.1. The van der Waals surface area contributed by atoms with E-state index in [4.69, 9.17) is 0 Å². The SMILES string of the molecule is Fc1ccc(C2(c3ccc(F)cc3)C[C@@H]3c4ccccc4[C@H]2c2cccc[n+]23)cc1. The Labute approximate surface area is 174 Å². The van der Waals surface area contributed by atoms with Gasteiger partial charge in [0.15, 0.2) is 17.9 Å². The second-order valence-electron chi connectivity index (χ2n) is 8.30. The van der Waals surface area contributed by atoms with Crippen molar-refractivity contribution in [1.29, 1.82) is 0 Å². The van der Waals surface area contributed by atoms with Crippen molar-refractivity contribution >= 4 is 0 Å². The lowest BCUT2D eigenvalue weighted by molar-refractivity contribution is -0.732. The molecule has 0 spiro atoms. The number of hydrogen-bond donors (Lipinski definition) is 0. The number of hydrogen-bond acceptors (Lipinski definition) is 0. The molecule has 0 saturated heterocycles. The Morgan fingerprint density at radius 3 is 1.87 bits per heavy atom. The third-order valence-electron chi connectivity index (χ3n) is 6.95. The summed E-state index contributed by atoms with van der Waals surface area (Å²) >= 11 is 0. The van der Waals surface area contributed by atoms with Crippen LogP contribution < -0.4 is 4.57 Å². The monoisotopic (exact) mass is 396 g/mol. The van der Waals surface area contributed by atoms with Gasteiger partial charge in [-0.2, -0.15) is 4.57 Å². The molecule has 3 aromatic carbocycles. The largest absolute Gasteiger partial charge is 0.207 e. The fourth-order valence-electron chi connectivity index (χ4n) is 5.76. The molecule has 3 heteroatoms. The molecule has 1 nitrogen and oxygen atoms in total. The first-order chi connectivity index (χ1) is 14.7. The number of rotatable bonds is 2. The Hall–Kier alpha value is -3.33. The van der Waals surface area contributed by atoms with Crippen LogP contribution in [0.2, 0.25) is 0 Å². The highest BCUT2D eigenvalue weighted by Gasteiger charge is 2.59. The summed E-state index contributed by atoms with van der Waals surface area (Å²) in [7, 11) is 0. The van der Waals surface area contributed by atoms with Gasteiger partial charge < -0.3 is 0 Å². The van der Waals surface area contributed by atoms with Gasteiger partial charge in [-0.1, -0.05) is 54.6 Å². The summed E-state index contributed by atoms with van der Waals surface area (Å²) in [5, 5.41) is 0. The molecule has 2 aliphatic heterocycles. The molecule has 4 aromatic rings. The minimum absolute atomic E-state index is 0.0517. The van der Waals surface area contributed by atoms with Gasteiger partial charge in [0, 0.05) is 29.5 Å². The molecule has 0 radical (unpaired) electrons. The predicted molar refractivity (Wildman–Crippen MR) is 111 cm³/mol. The van der Waals surface area contributed by atoms with Gasteiger partial charge >= 0.3 is 0 Å². The number of benzene rings is 3. The van der Waals surface area contributed by atoms with Crippen molar-refractivity contribution in [3.05, 3.63) is 137 Å². The second kappa shape index (κ2) is 6.33. The highest BCUT2D eigenvalue weighted by molar-refractivity contribution is 5.54. The fraction of sp³-hybridized carbons (Fsp3) is 0.148. The van der Waals surface area contributed by atoms with Crippen LogP contribution in [-0.2, 0) is 5.41 Å². The molecular formula is C27H20F2N+. The van der Waals surface area contributed by atoms with Crippen LogP contribution in [-0.4, -0.2) is 0 Å². The van der Waals surface area contributed by atoms with Gasteiger partial charge in [0.25, 0.3) is 0 Å². The Kier molecular flexibility index (Phi) is 3.70. The van der Waals surface area contributed by atoms with Crippen molar-refractivity contribution in [2.75, 3.05) is 0 Å². The average molecular weight is 396 g/mol. The van der Waals surface area contributed by atoms with Crippen LogP contribution >= 0.6 is 0 Å². The van der Waals surface area contributed by atoms with Gasteiger partial charge in [-0.05, 0) is 41.0 Å². The number of pyridine rings is 1. The van der Waals surface area contributed by atoms with Crippen LogP contribution in [0.5, 0.6) is 0 Å². The summed E-state index contributed by atoms with van der Waals surface area (Å²) < 4.78 is 30.1. The number of fused-ring (bicyclic) bond motifs is 1. The molecule has 1 aliphatic carbocycles. The summed E-state index contributed by atoms with van der Waals surface area (Å²) in [5.41, 5.74) is 5.60. The van der Waals surface area contributed by atoms with Crippen molar-refractivity contribution in [3.8, 4) is 0 Å². The van der Waals surface area contributed by atoms with E-state index in [2.05, 4.69) is 53.2 Å².